The first-order valence-corrected chi connectivity index (χ1v) is 6.71. The molecule has 14 heavy (non-hydrogen) atoms. The van der Waals surface area contributed by atoms with Crippen molar-refractivity contribution < 1.29 is 13.0 Å². The van der Waals surface area contributed by atoms with Crippen LogP contribution in [0.15, 0.2) is 0 Å². The summed E-state index contributed by atoms with van der Waals surface area (Å²) in [7, 11) is -3.82. The quantitative estimate of drug-likeness (QED) is 0.684. The number of rotatable bonds is 1. The molecule has 0 amide bonds. The van der Waals surface area contributed by atoms with Gasteiger partial charge in [0.25, 0.3) is 10.1 Å². The van der Waals surface area contributed by atoms with Gasteiger partial charge in [0.1, 0.15) is 0 Å². The van der Waals surface area contributed by atoms with E-state index < -0.39 is 15.4 Å². The van der Waals surface area contributed by atoms with Gasteiger partial charge in [-0.05, 0) is 36.0 Å². The van der Waals surface area contributed by atoms with Gasteiger partial charge in [-0.1, -0.05) is 20.8 Å². The van der Waals surface area contributed by atoms with Crippen LogP contribution in [0, 0.1) is 23.2 Å². The topological polar surface area (TPSA) is 54.4 Å². The summed E-state index contributed by atoms with van der Waals surface area (Å²) in [4.78, 5) is 0. The van der Waals surface area contributed by atoms with Crippen LogP contribution in [0.1, 0.15) is 33.6 Å². The van der Waals surface area contributed by atoms with Crippen molar-refractivity contribution in [2.45, 2.75) is 38.9 Å². The maximum Gasteiger partial charge on any atom is 0.268 e. The highest BCUT2D eigenvalue weighted by Crippen LogP contribution is 2.60. The highest BCUT2D eigenvalue weighted by atomic mass is 32.2. The van der Waals surface area contributed by atoms with Crippen LogP contribution in [-0.2, 0) is 10.1 Å². The molecule has 4 unspecified atom stereocenters. The monoisotopic (exact) mass is 218 g/mol. The number of fused-ring (bicyclic) bond motifs is 2. The first kappa shape index (κ1) is 10.4. The van der Waals surface area contributed by atoms with E-state index in [0.717, 1.165) is 6.42 Å². The standard InChI is InChI=1S/C10H18O3S/c1-6-8-4-7(10(6,2)3)5-9(8)14(11,12)13/h6-9H,4-5H2,1-3H3,(H,11,12,13). The summed E-state index contributed by atoms with van der Waals surface area (Å²) in [5.41, 5.74) is 0.242. The SMILES string of the molecule is CC1C2CC(CC2S(=O)(=O)O)C1(C)C. The van der Waals surface area contributed by atoms with E-state index in [9.17, 15) is 8.42 Å². The highest BCUT2D eigenvalue weighted by molar-refractivity contribution is 7.86. The van der Waals surface area contributed by atoms with Crippen molar-refractivity contribution in [3.8, 4) is 0 Å². The molecule has 4 atom stereocenters. The maximum atomic E-state index is 11.1. The molecule has 0 spiro atoms. The van der Waals surface area contributed by atoms with E-state index >= 15 is 0 Å². The van der Waals surface area contributed by atoms with Crippen LogP contribution in [0.5, 0.6) is 0 Å². The second-order valence-electron chi connectivity index (χ2n) is 5.50. The second-order valence-corrected chi connectivity index (χ2v) is 7.13. The third kappa shape index (κ3) is 1.23. The maximum absolute atomic E-state index is 11.1. The van der Waals surface area contributed by atoms with Crippen molar-refractivity contribution >= 4 is 10.1 Å². The zero-order valence-electron chi connectivity index (χ0n) is 8.90. The van der Waals surface area contributed by atoms with Crippen LogP contribution in [0.3, 0.4) is 0 Å². The summed E-state index contributed by atoms with van der Waals surface area (Å²) in [5, 5.41) is -0.490. The molecule has 0 radical (unpaired) electrons. The fourth-order valence-corrected chi connectivity index (χ4v) is 4.70. The zero-order chi connectivity index (χ0) is 10.7. The summed E-state index contributed by atoms with van der Waals surface area (Å²) in [6.45, 7) is 6.53. The average molecular weight is 218 g/mol. The van der Waals surface area contributed by atoms with Crippen molar-refractivity contribution in [2.24, 2.45) is 23.2 Å². The van der Waals surface area contributed by atoms with Crippen LogP contribution in [-0.4, -0.2) is 18.2 Å². The lowest BCUT2D eigenvalue weighted by Crippen LogP contribution is -2.39. The number of hydrogen-bond acceptors (Lipinski definition) is 2. The largest absolute Gasteiger partial charge is 0.285 e. The minimum Gasteiger partial charge on any atom is -0.285 e. The first-order chi connectivity index (χ1) is 6.24. The molecule has 2 rings (SSSR count). The molecule has 0 aromatic carbocycles. The van der Waals surface area contributed by atoms with Gasteiger partial charge in [0.2, 0.25) is 0 Å². The van der Waals surface area contributed by atoms with Crippen LogP contribution in [0.4, 0.5) is 0 Å². The van der Waals surface area contributed by atoms with Gasteiger partial charge >= 0.3 is 0 Å². The smallest absolute Gasteiger partial charge is 0.268 e. The van der Waals surface area contributed by atoms with Gasteiger partial charge in [-0.15, -0.1) is 0 Å². The summed E-state index contributed by atoms with van der Waals surface area (Å²) < 4.78 is 31.4. The van der Waals surface area contributed by atoms with Crippen molar-refractivity contribution in [3.63, 3.8) is 0 Å². The molecule has 2 bridgehead atoms. The Morgan fingerprint density at radius 3 is 2.21 bits per heavy atom. The molecule has 82 valence electrons. The molecule has 2 aliphatic carbocycles. The molecular formula is C10H18O3S. The van der Waals surface area contributed by atoms with E-state index in [-0.39, 0.29) is 11.3 Å². The Balaban J connectivity index is 2.30. The number of hydrogen-bond donors (Lipinski definition) is 1. The minimum absolute atomic E-state index is 0.171. The van der Waals surface area contributed by atoms with Gasteiger partial charge in [-0.2, -0.15) is 8.42 Å². The van der Waals surface area contributed by atoms with Gasteiger partial charge in [-0.3, -0.25) is 4.55 Å². The molecule has 0 aromatic heterocycles. The lowest BCUT2D eigenvalue weighted by atomic mass is 9.69. The van der Waals surface area contributed by atoms with Crippen LogP contribution in [0.25, 0.3) is 0 Å². The average Bonchev–Trinajstić information content (AvgIpc) is 2.51. The van der Waals surface area contributed by atoms with E-state index in [0.29, 0.717) is 18.3 Å². The summed E-state index contributed by atoms with van der Waals surface area (Å²) in [5.74, 6) is 1.03. The zero-order valence-corrected chi connectivity index (χ0v) is 9.71. The van der Waals surface area contributed by atoms with Crippen molar-refractivity contribution in [3.05, 3.63) is 0 Å². The minimum atomic E-state index is -3.82. The fourth-order valence-electron chi connectivity index (χ4n) is 3.43. The molecule has 3 nitrogen and oxygen atoms in total. The molecular weight excluding hydrogens is 200 g/mol. The lowest BCUT2D eigenvalue weighted by Gasteiger charge is -2.38. The normalized spacial score (nSPS) is 45.7. The van der Waals surface area contributed by atoms with Gasteiger partial charge in [0.15, 0.2) is 0 Å². The van der Waals surface area contributed by atoms with E-state index in [1.54, 1.807) is 0 Å². The van der Waals surface area contributed by atoms with Crippen molar-refractivity contribution in [1.82, 2.24) is 0 Å². The molecule has 0 saturated heterocycles. The second kappa shape index (κ2) is 2.73. The molecule has 0 aliphatic heterocycles. The van der Waals surface area contributed by atoms with Crippen molar-refractivity contribution in [2.75, 3.05) is 0 Å². The highest BCUT2D eigenvalue weighted by Gasteiger charge is 2.58. The fraction of sp³-hybridized carbons (Fsp3) is 1.00. The van der Waals surface area contributed by atoms with Crippen LogP contribution >= 0.6 is 0 Å². The van der Waals surface area contributed by atoms with E-state index in [1.807, 2.05) is 0 Å². The Labute approximate surface area is 85.6 Å². The Morgan fingerprint density at radius 2 is 1.86 bits per heavy atom. The van der Waals surface area contributed by atoms with Crippen LogP contribution in [0.2, 0.25) is 0 Å². The molecule has 2 fully saturated rings. The van der Waals surface area contributed by atoms with Gasteiger partial charge in [-0.25, -0.2) is 0 Å². The predicted molar refractivity (Wildman–Crippen MR) is 54.5 cm³/mol. The first-order valence-electron chi connectivity index (χ1n) is 5.21. The van der Waals surface area contributed by atoms with Gasteiger partial charge in [0, 0.05) is 0 Å². The molecule has 0 heterocycles. The van der Waals surface area contributed by atoms with Crippen molar-refractivity contribution in [1.29, 1.82) is 0 Å². The molecule has 2 saturated carbocycles. The Hall–Kier alpha value is -0.0900. The van der Waals surface area contributed by atoms with Crippen LogP contribution < -0.4 is 0 Å². The lowest BCUT2D eigenvalue weighted by molar-refractivity contribution is 0.137. The third-order valence-electron chi connectivity index (χ3n) is 4.80. The van der Waals surface area contributed by atoms with E-state index in [4.69, 9.17) is 4.55 Å². The Morgan fingerprint density at radius 1 is 1.29 bits per heavy atom. The van der Waals surface area contributed by atoms with E-state index in [2.05, 4.69) is 20.8 Å². The molecule has 2 aliphatic rings. The molecule has 1 N–H and O–H groups in total. The molecule has 4 heteroatoms. The summed E-state index contributed by atoms with van der Waals surface area (Å²) in [6, 6.07) is 0. The Bertz CT molecular complexity index is 340. The summed E-state index contributed by atoms with van der Waals surface area (Å²) >= 11 is 0. The summed E-state index contributed by atoms with van der Waals surface area (Å²) in [6.07, 6.45) is 1.62. The third-order valence-corrected chi connectivity index (χ3v) is 6.11. The molecule has 0 aromatic rings. The predicted octanol–water partition coefficient (Wildman–Crippen LogP) is 1.94. The van der Waals surface area contributed by atoms with Gasteiger partial charge < -0.3 is 0 Å². The van der Waals surface area contributed by atoms with E-state index in [1.165, 1.54) is 0 Å². The van der Waals surface area contributed by atoms with Gasteiger partial charge in [0.05, 0.1) is 5.25 Å². The Kier molecular flexibility index (Phi) is 2.03.